The van der Waals surface area contributed by atoms with Crippen molar-refractivity contribution in [2.75, 3.05) is 20.8 Å². The van der Waals surface area contributed by atoms with Gasteiger partial charge in [0.1, 0.15) is 40.6 Å². The van der Waals surface area contributed by atoms with E-state index in [-0.39, 0.29) is 35.6 Å². The number of aliphatic hydroxyl groups is 5. The molecule has 0 unspecified atom stereocenters. The van der Waals surface area contributed by atoms with Gasteiger partial charge in [-0.2, -0.15) is 0 Å². The number of esters is 3. The summed E-state index contributed by atoms with van der Waals surface area (Å²) in [6.45, 7) is 18.6. The average Bonchev–Trinajstić information content (AvgIpc) is 3.33. The lowest BCUT2D eigenvalue weighted by Gasteiger charge is -2.47. The Kier molecular flexibility index (Phi) is 25.1. The van der Waals surface area contributed by atoms with Gasteiger partial charge in [-0.25, -0.2) is 9.59 Å². The normalized spacial score (nSPS) is 26.9. The molecule has 0 spiro atoms. The second kappa shape index (κ2) is 28.9. The summed E-state index contributed by atoms with van der Waals surface area (Å²) in [4.78, 5) is 38.8. The molecule has 2 aliphatic heterocycles. The first-order valence-corrected chi connectivity index (χ1v) is 25.3. The quantitative estimate of drug-likeness (QED) is 0.0183. The van der Waals surface area contributed by atoms with E-state index in [0.717, 1.165) is 11.1 Å². The highest BCUT2D eigenvalue weighted by Gasteiger charge is 2.53. The fourth-order valence-electron chi connectivity index (χ4n) is 8.43. The molecule has 73 heavy (non-hydrogen) atoms. The molecule has 2 heterocycles. The van der Waals surface area contributed by atoms with Crippen LogP contribution in [-0.4, -0.2) is 154 Å². The number of hydrogen-bond acceptors (Lipinski definition) is 18. The van der Waals surface area contributed by atoms with E-state index in [2.05, 4.69) is 0 Å². The summed E-state index contributed by atoms with van der Waals surface area (Å²) in [7, 11) is 2.46. The standard InChI is InChI=1S/C53H78Cl2O18/c1-14-32(44(29(7)23-27(5)19-18-20-30(8)56)71-51-42(61)41(60)47(53(10,11)73-51)72-48(63)26(3)4)24-28(6)35(57)22-17-16-21-33(49(64)67-13)25-68-52-46(66-12)43(62)45(31(9)69-52)70-50(65)36-34(15-2)37(54)40(59)38(55)39(36)58/h16-17,19,21,23-24,26,30-32,35,41-47,51-52,56-62H,14-15,18,20,22,25H2,1-13H3/b17-16+,27-19+,28-24+,29-23+,33-21+/t30-,31-,32+,35+,41-,42+,43+,44+,45-,46+,47+,51-,52-/m1/s1. The van der Waals surface area contributed by atoms with Crippen LogP contribution in [0, 0.1) is 11.8 Å². The summed E-state index contributed by atoms with van der Waals surface area (Å²) in [6, 6.07) is 0. The molecule has 1 aromatic carbocycles. The number of carbonyl (C=O) groups is 3. The second-order valence-electron chi connectivity index (χ2n) is 19.4. The molecule has 20 heteroatoms. The van der Waals surface area contributed by atoms with E-state index in [0.29, 0.717) is 24.8 Å². The number of methoxy groups -OCH3 is 2. The maximum atomic E-state index is 13.4. The minimum absolute atomic E-state index is 0.0339. The number of phenols is 2. The molecule has 412 valence electrons. The summed E-state index contributed by atoms with van der Waals surface area (Å²) in [5, 5.41) is 75.2. The number of halogens is 2. The number of aliphatic hydroxyl groups excluding tert-OH is 5. The summed E-state index contributed by atoms with van der Waals surface area (Å²) < 4.78 is 46.3. The molecular formula is C53H78Cl2O18. The minimum atomic E-state index is -1.59. The van der Waals surface area contributed by atoms with Crippen LogP contribution in [0.1, 0.15) is 118 Å². The van der Waals surface area contributed by atoms with Crippen LogP contribution in [0.4, 0.5) is 0 Å². The van der Waals surface area contributed by atoms with Crippen molar-refractivity contribution in [2.24, 2.45) is 11.8 Å². The number of benzene rings is 1. The molecule has 13 atom stereocenters. The second-order valence-corrected chi connectivity index (χ2v) is 20.1. The fourth-order valence-corrected chi connectivity index (χ4v) is 8.99. The van der Waals surface area contributed by atoms with Crippen LogP contribution >= 0.6 is 23.2 Å². The molecule has 0 radical (unpaired) electrons. The molecule has 0 amide bonds. The van der Waals surface area contributed by atoms with Gasteiger partial charge in [0.05, 0.1) is 54.6 Å². The summed E-state index contributed by atoms with van der Waals surface area (Å²) in [6.07, 6.45) is -1.91. The van der Waals surface area contributed by atoms with Crippen molar-refractivity contribution >= 4 is 41.1 Å². The number of hydrogen-bond donors (Lipinski definition) is 7. The molecule has 2 saturated heterocycles. The number of allylic oxidation sites excluding steroid dienone is 5. The Labute approximate surface area is 439 Å². The van der Waals surface area contributed by atoms with Gasteiger partial charge in [-0.1, -0.05) is 86.9 Å². The van der Waals surface area contributed by atoms with Crippen LogP contribution in [0.15, 0.2) is 58.7 Å². The molecule has 2 fully saturated rings. The number of phenolic OH excluding ortho intramolecular Hbond substituents is 2. The van der Waals surface area contributed by atoms with Crippen molar-refractivity contribution in [1.29, 1.82) is 0 Å². The zero-order valence-corrected chi connectivity index (χ0v) is 45.7. The van der Waals surface area contributed by atoms with Gasteiger partial charge in [-0.3, -0.25) is 4.79 Å². The van der Waals surface area contributed by atoms with Crippen LogP contribution < -0.4 is 0 Å². The molecule has 0 aromatic heterocycles. The van der Waals surface area contributed by atoms with Gasteiger partial charge >= 0.3 is 17.9 Å². The van der Waals surface area contributed by atoms with Gasteiger partial charge in [-0.05, 0) is 103 Å². The SMILES string of the molecule is CCc1c(Cl)c(O)c(Cl)c(O)c1C(=O)O[C@H]1[C@H](O)[C@H](OC)[C@H](OC/C(=C\C=C\C[C@H](O)/C(C)=C/[C@H](CC)[C@@H](O[C@@H]2OC(C)(C)[C@@H](OC(=O)C(C)C)[C@H](O)[C@@H]2O)/C(C)=C/C(C)=C/CC[C@@H](C)O)C(=O)OC)O[C@@H]1C. The number of ether oxygens (including phenoxy) is 8. The monoisotopic (exact) mass is 1070 g/mol. The Morgan fingerprint density at radius 1 is 0.877 bits per heavy atom. The summed E-state index contributed by atoms with van der Waals surface area (Å²) >= 11 is 12.2. The van der Waals surface area contributed by atoms with E-state index in [9.17, 15) is 50.1 Å². The largest absolute Gasteiger partial charge is 0.505 e. The number of carbonyl (C=O) groups excluding carboxylic acids is 3. The third-order valence-electron chi connectivity index (χ3n) is 12.8. The smallest absolute Gasteiger partial charge is 0.342 e. The van der Waals surface area contributed by atoms with Crippen LogP contribution in [0.5, 0.6) is 11.5 Å². The van der Waals surface area contributed by atoms with Gasteiger partial charge in [-0.15, -0.1) is 0 Å². The third kappa shape index (κ3) is 16.8. The molecule has 1 aromatic rings. The Morgan fingerprint density at radius 3 is 2.11 bits per heavy atom. The molecule has 3 rings (SSSR count). The van der Waals surface area contributed by atoms with Crippen LogP contribution in [0.2, 0.25) is 10.0 Å². The Bertz CT molecular complexity index is 2180. The first-order chi connectivity index (χ1) is 34.2. The van der Waals surface area contributed by atoms with Crippen molar-refractivity contribution in [1.82, 2.24) is 0 Å². The van der Waals surface area contributed by atoms with Crippen molar-refractivity contribution in [3.05, 3.63) is 79.9 Å². The first kappa shape index (κ1) is 63.4. The maximum Gasteiger partial charge on any atom is 0.342 e. The summed E-state index contributed by atoms with van der Waals surface area (Å²) in [5.74, 6) is -4.63. The van der Waals surface area contributed by atoms with E-state index >= 15 is 0 Å². The zero-order valence-electron chi connectivity index (χ0n) is 44.2. The molecule has 7 N–H and O–H groups in total. The topological polar surface area (TPSA) is 267 Å². The zero-order chi connectivity index (χ0) is 55.2. The lowest BCUT2D eigenvalue weighted by molar-refractivity contribution is -0.333. The predicted octanol–water partition coefficient (Wildman–Crippen LogP) is 6.87. The van der Waals surface area contributed by atoms with Gasteiger partial charge in [0.2, 0.25) is 0 Å². The highest BCUT2D eigenvalue weighted by atomic mass is 35.5. The van der Waals surface area contributed by atoms with E-state index in [1.54, 1.807) is 60.6 Å². The highest BCUT2D eigenvalue weighted by molar-refractivity contribution is 6.39. The van der Waals surface area contributed by atoms with Crippen molar-refractivity contribution in [3.63, 3.8) is 0 Å². The van der Waals surface area contributed by atoms with Crippen LogP contribution in [0.3, 0.4) is 0 Å². The summed E-state index contributed by atoms with van der Waals surface area (Å²) in [5.41, 5.74) is 0.701. The van der Waals surface area contributed by atoms with Gasteiger partial charge in [0.15, 0.2) is 36.3 Å². The lowest BCUT2D eigenvalue weighted by atomic mass is 9.88. The maximum absolute atomic E-state index is 13.4. The molecule has 2 aliphatic rings. The number of rotatable bonds is 24. The van der Waals surface area contributed by atoms with Gasteiger partial charge in [0, 0.05) is 13.0 Å². The Balaban J connectivity index is 1.81. The van der Waals surface area contributed by atoms with E-state index in [4.69, 9.17) is 61.1 Å². The van der Waals surface area contributed by atoms with E-state index in [1.807, 2.05) is 39.0 Å². The third-order valence-corrected chi connectivity index (χ3v) is 13.5. The van der Waals surface area contributed by atoms with E-state index in [1.165, 1.54) is 27.2 Å². The average molecular weight is 1070 g/mol. The molecule has 0 bridgehead atoms. The highest BCUT2D eigenvalue weighted by Crippen LogP contribution is 2.45. The van der Waals surface area contributed by atoms with Gasteiger partial charge < -0.3 is 73.6 Å². The first-order valence-electron chi connectivity index (χ1n) is 24.5. The van der Waals surface area contributed by atoms with Crippen LogP contribution in [-0.2, 0) is 53.9 Å². The molecule has 0 aliphatic carbocycles. The van der Waals surface area contributed by atoms with E-state index < -0.39 is 131 Å². The Hall–Kier alpha value is -3.89. The lowest BCUT2D eigenvalue weighted by Crippen LogP contribution is -2.64. The fraction of sp³-hybridized carbons (Fsp3) is 0.642. The van der Waals surface area contributed by atoms with Crippen LogP contribution in [0.25, 0.3) is 0 Å². The van der Waals surface area contributed by atoms with Gasteiger partial charge in [0.25, 0.3) is 0 Å². The van der Waals surface area contributed by atoms with Crippen molar-refractivity contribution in [2.45, 2.75) is 187 Å². The van der Waals surface area contributed by atoms with Crippen molar-refractivity contribution in [3.8, 4) is 11.5 Å². The molecule has 18 nitrogen and oxygen atoms in total. The minimum Gasteiger partial charge on any atom is -0.505 e. The Morgan fingerprint density at radius 2 is 1.53 bits per heavy atom. The molecular weight excluding hydrogens is 995 g/mol. The predicted molar refractivity (Wildman–Crippen MR) is 272 cm³/mol. The number of aromatic hydroxyl groups is 2. The van der Waals surface area contributed by atoms with Crippen molar-refractivity contribution < 1.29 is 88.0 Å². The molecule has 0 saturated carbocycles.